The number of ether oxygens (including phenoxy) is 2. The highest BCUT2D eigenvalue weighted by molar-refractivity contribution is 5.94. The maximum atomic E-state index is 5.55. The molecular weight excluding hydrogens is 400 g/mol. The lowest BCUT2D eigenvalue weighted by molar-refractivity contribution is 0.356. The second-order valence-electron chi connectivity index (χ2n) is 6.82. The number of rotatable bonds is 6. The third-order valence-corrected chi connectivity index (χ3v) is 4.78. The zero-order valence-electron chi connectivity index (χ0n) is 17.6. The Kier molecular flexibility index (Phi) is 5.78. The molecule has 0 radical (unpaired) electrons. The summed E-state index contributed by atoms with van der Waals surface area (Å²) in [4.78, 5) is 9.36. The van der Waals surface area contributed by atoms with E-state index in [-0.39, 0.29) is 0 Å². The van der Waals surface area contributed by atoms with Crippen LogP contribution >= 0.6 is 0 Å². The van der Waals surface area contributed by atoms with Crippen LogP contribution in [0.25, 0.3) is 10.9 Å². The molecule has 0 bridgehead atoms. The maximum absolute atomic E-state index is 5.55. The first-order chi connectivity index (χ1) is 15.6. The number of nitrogens with zero attached hydrogens (tertiary/aromatic N) is 2. The van der Waals surface area contributed by atoms with Crippen LogP contribution in [0, 0.1) is 24.7 Å². The van der Waals surface area contributed by atoms with Gasteiger partial charge in [-0.25, -0.2) is 4.98 Å². The molecule has 6 nitrogen and oxygen atoms in total. The Labute approximate surface area is 186 Å². The van der Waals surface area contributed by atoms with Gasteiger partial charge in [0.1, 0.15) is 5.82 Å². The maximum Gasteiger partial charge on any atom is 0.229 e. The minimum absolute atomic E-state index is 0.398. The lowest BCUT2D eigenvalue weighted by Gasteiger charge is -2.15. The summed E-state index contributed by atoms with van der Waals surface area (Å²) in [6.07, 6.45) is 11.1. The molecule has 0 aliphatic rings. The summed E-state index contributed by atoms with van der Waals surface area (Å²) in [7, 11) is 3.17. The predicted molar refractivity (Wildman–Crippen MR) is 128 cm³/mol. The molecule has 0 aliphatic carbocycles. The second-order valence-corrected chi connectivity index (χ2v) is 6.82. The number of hydrogen-bond acceptors (Lipinski definition) is 6. The normalized spacial score (nSPS) is 10.1. The van der Waals surface area contributed by atoms with Gasteiger partial charge in [0, 0.05) is 34.0 Å². The van der Waals surface area contributed by atoms with Crippen molar-refractivity contribution in [3.63, 3.8) is 0 Å². The summed E-state index contributed by atoms with van der Waals surface area (Å²) >= 11 is 0. The standard InChI is InChI=1S/C26H20N4O2/c1-5-17-9-7-11-19(13-17)27-25-21-15-23(31-3)24(32-4)16-22(21)29-26(30-25)28-20-12-8-10-18(6-2)14-20/h1-2,7-16H,3-4H3,(H2,27,28,29,30). The van der Waals surface area contributed by atoms with E-state index >= 15 is 0 Å². The van der Waals surface area contributed by atoms with E-state index in [1.54, 1.807) is 14.2 Å². The molecule has 4 aromatic rings. The van der Waals surface area contributed by atoms with Crippen LogP contribution in [0.4, 0.5) is 23.1 Å². The average molecular weight is 420 g/mol. The van der Waals surface area contributed by atoms with Crippen LogP contribution < -0.4 is 20.1 Å². The van der Waals surface area contributed by atoms with Gasteiger partial charge in [0.05, 0.1) is 19.7 Å². The van der Waals surface area contributed by atoms with Crippen LogP contribution in [0.5, 0.6) is 11.5 Å². The Bertz CT molecular complexity index is 1380. The molecule has 0 amide bonds. The van der Waals surface area contributed by atoms with Crippen molar-refractivity contribution in [2.75, 3.05) is 24.9 Å². The van der Waals surface area contributed by atoms with E-state index in [0.717, 1.165) is 27.9 Å². The van der Waals surface area contributed by atoms with Gasteiger partial charge in [-0.3, -0.25) is 0 Å². The van der Waals surface area contributed by atoms with Crippen molar-refractivity contribution in [2.24, 2.45) is 0 Å². The minimum Gasteiger partial charge on any atom is -0.493 e. The van der Waals surface area contributed by atoms with Crippen LogP contribution in [0.1, 0.15) is 11.1 Å². The van der Waals surface area contributed by atoms with Crippen molar-refractivity contribution in [1.29, 1.82) is 0 Å². The Balaban J connectivity index is 1.84. The molecule has 32 heavy (non-hydrogen) atoms. The van der Waals surface area contributed by atoms with Crippen molar-refractivity contribution in [1.82, 2.24) is 9.97 Å². The van der Waals surface area contributed by atoms with Crippen molar-refractivity contribution in [3.8, 4) is 36.2 Å². The van der Waals surface area contributed by atoms with E-state index in [4.69, 9.17) is 27.3 Å². The van der Waals surface area contributed by atoms with E-state index in [2.05, 4.69) is 27.5 Å². The second kappa shape index (κ2) is 8.99. The van der Waals surface area contributed by atoms with Gasteiger partial charge in [-0.2, -0.15) is 4.98 Å². The Morgan fingerprint density at radius 1 is 0.750 bits per heavy atom. The molecule has 0 spiro atoms. The lowest BCUT2D eigenvalue weighted by Crippen LogP contribution is -2.03. The molecular formula is C26H20N4O2. The zero-order chi connectivity index (χ0) is 22.5. The number of aromatic nitrogens is 2. The molecule has 156 valence electrons. The number of nitrogens with one attached hydrogen (secondary N) is 2. The van der Waals surface area contributed by atoms with E-state index in [9.17, 15) is 0 Å². The first kappa shape index (κ1) is 20.6. The van der Waals surface area contributed by atoms with Gasteiger partial charge in [0.15, 0.2) is 11.5 Å². The topological polar surface area (TPSA) is 68.3 Å². The Morgan fingerprint density at radius 3 is 1.94 bits per heavy atom. The predicted octanol–water partition coefficient (Wildman–Crippen LogP) is 5.10. The largest absolute Gasteiger partial charge is 0.493 e. The third-order valence-electron chi connectivity index (χ3n) is 4.78. The minimum atomic E-state index is 0.398. The Hall–Kier alpha value is -4.68. The lowest BCUT2D eigenvalue weighted by atomic mass is 10.2. The molecule has 0 fully saturated rings. The van der Waals surface area contributed by atoms with Crippen LogP contribution in [0.3, 0.4) is 0 Å². The third kappa shape index (κ3) is 4.26. The van der Waals surface area contributed by atoms with Crippen LogP contribution in [0.2, 0.25) is 0 Å². The highest BCUT2D eigenvalue weighted by Gasteiger charge is 2.14. The van der Waals surface area contributed by atoms with E-state index in [1.165, 1.54) is 0 Å². The molecule has 0 saturated carbocycles. The first-order valence-corrected chi connectivity index (χ1v) is 9.74. The molecule has 6 heteroatoms. The smallest absolute Gasteiger partial charge is 0.229 e. The van der Waals surface area contributed by atoms with Gasteiger partial charge in [0.25, 0.3) is 0 Å². The quantitative estimate of drug-likeness (QED) is 0.423. The van der Waals surface area contributed by atoms with Gasteiger partial charge in [0.2, 0.25) is 5.95 Å². The fourth-order valence-corrected chi connectivity index (χ4v) is 3.25. The van der Waals surface area contributed by atoms with Crippen molar-refractivity contribution < 1.29 is 9.47 Å². The molecule has 0 atom stereocenters. The van der Waals surface area contributed by atoms with Gasteiger partial charge in [-0.1, -0.05) is 24.0 Å². The summed E-state index contributed by atoms with van der Waals surface area (Å²) in [5.41, 5.74) is 3.77. The highest BCUT2D eigenvalue weighted by atomic mass is 16.5. The van der Waals surface area contributed by atoms with E-state index < -0.39 is 0 Å². The van der Waals surface area contributed by atoms with Gasteiger partial charge in [-0.05, 0) is 42.5 Å². The molecule has 2 N–H and O–H groups in total. The number of benzene rings is 3. The Morgan fingerprint density at radius 2 is 1.34 bits per heavy atom. The summed E-state index contributed by atoms with van der Waals surface area (Å²) in [5, 5.41) is 7.33. The fraction of sp³-hybridized carbons (Fsp3) is 0.0769. The fourth-order valence-electron chi connectivity index (χ4n) is 3.25. The summed E-state index contributed by atoms with van der Waals surface area (Å²) in [5.74, 6) is 7.39. The van der Waals surface area contributed by atoms with Gasteiger partial charge < -0.3 is 20.1 Å². The molecule has 1 aromatic heterocycles. The van der Waals surface area contributed by atoms with E-state index in [0.29, 0.717) is 28.8 Å². The highest BCUT2D eigenvalue weighted by Crippen LogP contribution is 2.36. The molecule has 0 aliphatic heterocycles. The van der Waals surface area contributed by atoms with Gasteiger partial charge >= 0.3 is 0 Å². The SMILES string of the molecule is C#Cc1cccc(Nc2nc(Nc3cccc(C#C)c3)c3cc(OC)c(OC)cc3n2)c1. The summed E-state index contributed by atoms with van der Waals surface area (Å²) in [6.45, 7) is 0. The molecule has 0 unspecified atom stereocenters. The van der Waals surface area contributed by atoms with Crippen molar-refractivity contribution in [2.45, 2.75) is 0 Å². The van der Waals surface area contributed by atoms with Gasteiger partial charge in [-0.15, -0.1) is 12.8 Å². The number of methoxy groups -OCH3 is 2. The number of terminal acetylenes is 2. The van der Waals surface area contributed by atoms with E-state index in [1.807, 2.05) is 60.7 Å². The van der Waals surface area contributed by atoms with Crippen LogP contribution in [0.15, 0.2) is 60.7 Å². The first-order valence-electron chi connectivity index (χ1n) is 9.74. The monoisotopic (exact) mass is 420 g/mol. The van der Waals surface area contributed by atoms with Crippen LogP contribution in [-0.2, 0) is 0 Å². The molecule has 0 saturated heterocycles. The summed E-state index contributed by atoms with van der Waals surface area (Å²) in [6, 6.07) is 18.7. The molecule has 4 rings (SSSR count). The average Bonchev–Trinajstić information content (AvgIpc) is 2.83. The molecule has 1 heterocycles. The number of anilines is 4. The molecule has 3 aromatic carbocycles. The summed E-state index contributed by atoms with van der Waals surface area (Å²) < 4.78 is 10.9. The van der Waals surface area contributed by atoms with Crippen molar-refractivity contribution in [3.05, 3.63) is 71.8 Å². The van der Waals surface area contributed by atoms with Crippen LogP contribution in [-0.4, -0.2) is 24.2 Å². The number of fused-ring (bicyclic) bond motifs is 1. The van der Waals surface area contributed by atoms with Crippen molar-refractivity contribution >= 4 is 34.0 Å². The zero-order valence-corrected chi connectivity index (χ0v) is 17.6. The number of hydrogen-bond donors (Lipinski definition) is 2.